The Kier molecular flexibility index (Phi) is 6.84. The van der Waals surface area contributed by atoms with Crippen LogP contribution in [0, 0.1) is 10.1 Å². The monoisotopic (exact) mass is 387 g/mol. The molecule has 1 aliphatic rings. The number of piperazine rings is 1. The normalized spacial score (nSPS) is 19.2. The first-order valence-electron chi connectivity index (χ1n) is 9.79. The smallest absolute Gasteiger partial charge is 0.269 e. The van der Waals surface area contributed by atoms with Crippen molar-refractivity contribution in [1.29, 1.82) is 0 Å². The molecule has 2 N–H and O–H groups in total. The molecule has 0 amide bonds. The van der Waals surface area contributed by atoms with Crippen LogP contribution in [0.4, 0.5) is 5.69 Å². The molecule has 150 valence electrons. The lowest BCUT2D eigenvalue weighted by Gasteiger charge is -2.30. The molecule has 0 unspecified atom stereocenters. The van der Waals surface area contributed by atoms with Crippen molar-refractivity contribution in [3.63, 3.8) is 0 Å². The third-order valence-corrected chi connectivity index (χ3v) is 5.25. The van der Waals surface area contributed by atoms with Crippen molar-refractivity contribution in [1.82, 2.24) is 0 Å². The third-order valence-electron chi connectivity index (χ3n) is 5.25. The van der Waals surface area contributed by atoms with E-state index in [0.717, 1.165) is 56.3 Å². The number of hydrogen-bond donors (Lipinski definition) is 2. The van der Waals surface area contributed by atoms with Crippen LogP contribution in [0.1, 0.15) is 18.1 Å². The second kappa shape index (κ2) is 9.52. The zero-order valence-electron chi connectivity index (χ0n) is 16.6. The first-order valence-corrected chi connectivity index (χ1v) is 9.79. The Morgan fingerprint density at radius 1 is 0.929 bits per heavy atom. The molecule has 1 fully saturated rings. The maximum atomic E-state index is 10.8. The minimum Gasteiger partial charge on any atom is -0.493 e. The Bertz CT molecular complexity index is 787. The van der Waals surface area contributed by atoms with Crippen LogP contribution in [0.5, 0.6) is 11.5 Å². The summed E-state index contributed by atoms with van der Waals surface area (Å²) in [5.74, 6) is 1.59. The van der Waals surface area contributed by atoms with Gasteiger partial charge in [0, 0.05) is 23.3 Å². The van der Waals surface area contributed by atoms with Crippen LogP contribution in [-0.2, 0) is 13.1 Å². The molecule has 0 spiro atoms. The molecule has 0 bridgehead atoms. The van der Waals surface area contributed by atoms with Crippen molar-refractivity contribution in [2.75, 3.05) is 39.9 Å². The summed E-state index contributed by atoms with van der Waals surface area (Å²) in [7, 11) is 1.66. The Morgan fingerprint density at radius 3 is 2.04 bits per heavy atom. The second-order valence-corrected chi connectivity index (χ2v) is 7.20. The maximum Gasteiger partial charge on any atom is 0.269 e. The van der Waals surface area contributed by atoms with E-state index in [9.17, 15) is 10.1 Å². The van der Waals surface area contributed by atoms with Gasteiger partial charge in [-0.2, -0.15) is 0 Å². The predicted molar refractivity (Wildman–Crippen MR) is 106 cm³/mol. The molecule has 0 aliphatic carbocycles. The molecule has 7 heteroatoms. The zero-order chi connectivity index (χ0) is 19.9. The molecule has 7 nitrogen and oxygen atoms in total. The second-order valence-electron chi connectivity index (χ2n) is 7.20. The van der Waals surface area contributed by atoms with E-state index in [0.29, 0.717) is 6.61 Å². The number of non-ortho nitro benzene ring substituents is 1. The highest BCUT2D eigenvalue weighted by Crippen LogP contribution is 2.27. The van der Waals surface area contributed by atoms with Gasteiger partial charge in [0.2, 0.25) is 0 Å². The van der Waals surface area contributed by atoms with Crippen LogP contribution in [0.15, 0.2) is 42.5 Å². The summed E-state index contributed by atoms with van der Waals surface area (Å²) in [6, 6.07) is 13.1. The lowest BCUT2D eigenvalue weighted by molar-refractivity contribution is -1.02. The lowest BCUT2D eigenvalue weighted by atomic mass is 10.1. The minimum absolute atomic E-state index is 0.152. The molecule has 1 heterocycles. The zero-order valence-corrected chi connectivity index (χ0v) is 16.6. The number of methoxy groups -OCH3 is 1. The summed E-state index contributed by atoms with van der Waals surface area (Å²) in [6.07, 6.45) is 0. The van der Waals surface area contributed by atoms with E-state index in [-0.39, 0.29) is 10.6 Å². The number of quaternary nitrogens is 2. The molecule has 28 heavy (non-hydrogen) atoms. The summed E-state index contributed by atoms with van der Waals surface area (Å²) in [4.78, 5) is 13.5. The molecular formula is C21H29N3O4+2. The average Bonchev–Trinajstić information content (AvgIpc) is 2.70. The molecule has 0 radical (unpaired) electrons. The standard InChI is InChI=1S/C21H27N3O4/c1-3-28-21-14-18(6-9-20(21)27-2)16-23-12-10-22(11-13-23)15-17-4-7-19(8-5-17)24(25)26/h4-9,14H,3,10-13,15-16H2,1-2H3/p+2. The van der Waals surface area contributed by atoms with Crippen LogP contribution < -0.4 is 19.3 Å². The number of ether oxygens (including phenoxy) is 2. The van der Waals surface area contributed by atoms with E-state index in [2.05, 4.69) is 12.1 Å². The van der Waals surface area contributed by atoms with Gasteiger partial charge in [0.1, 0.15) is 39.3 Å². The Balaban J connectivity index is 1.51. The van der Waals surface area contributed by atoms with E-state index in [1.54, 1.807) is 24.1 Å². The van der Waals surface area contributed by atoms with Gasteiger partial charge in [0.05, 0.1) is 18.6 Å². The molecule has 2 aromatic rings. The van der Waals surface area contributed by atoms with Crippen LogP contribution in [0.25, 0.3) is 0 Å². The van der Waals surface area contributed by atoms with E-state index >= 15 is 0 Å². The van der Waals surface area contributed by atoms with E-state index < -0.39 is 0 Å². The van der Waals surface area contributed by atoms with E-state index in [1.165, 1.54) is 10.5 Å². The van der Waals surface area contributed by atoms with E-state index in [1.807, 2.05) is 25.1 Å². The van der Waals surface area contributed by atoms with Crippen molar-refractivity contribution >= 4 is 5.69 Å². The lowest BCUT2D eigenvalue weighted by Crippen LogP contribution is -3.27. The molecule has 2 aromatic carbocycles. The first-order chi connectivity index (χ1) is 13.6. The fraction of sp³-hybridized carbons (Fsp3) is 0.429. The Morgan fingerprint density at radius 2 is 1.50 bits per heavy atom. The fourth-order valence-electron chi connectivity index (χ4n) is 3.72. The molecule has 1 saturated heterocycles. The number of nitro groups is 1. The van der Waals surface area contributed by atoms with Gasteiger partial charge in [-0.1, -0.05) is 0 Å². The summed E-state index contributed by atoms with van der Waals surface area (Å²) in [5, 5.41) is 10.8. The number of nitro benzene ring substituents is 1. The van der Waals surface area contributed by atoms with Gasteiger partial charge in [0.25, 0.3) is 5.69 Å². The van der Waals surface area contributed by atoms with Crippen molar-refractivity contribution in [2.24, 2.45) is 0 Å². The molecule has 3 rings (SSSR count). The number of benzene rings is 2. The highest BCUT2D eigenvalue weighted by Gasteiger charge is 2.23. The third kappa shape index (κ3) is 5.21. The molecule has 0 aromatic heterocycles. The molecule has 1 aliphatic heterocycles. The van der Waals surface area contributed by atoms with Crippen molar-refractivity contribution in [3.8, 4) is 11.5 Å². The summed E-state index contributed by atoms with van der Waals surface area (Å²) >= 11 is 0. The van der Waals surface area contributed by atoms with Gasteiger partial charge in [-0.3, -0.25) is 10.1 Å². The number of rotatable bonds is 8. The van der Waals surface area contributed by atoms with Gasteiger partial charge in [0.15, 0.2) is 11.5 Å². The van der Waals surface area contributed by atoms with E-state index in [4.69, 9.17) is 9.47 Å². The van der Waals surface area contributed by atoms with Gasteiger partial charge >= 0.3 is 0 Å². The van der Waals surface area contributed by atoms with Crippen molar-refractivity contribution < 1.29 is 24.2 Å². The Labute approximate surface area is 165 Å². The summed E-state index contributed by atoms with van der Waals surface area (Å²) < 4.78 is 11.0. The van der Waals surface area contributed by atoms with Gasteiger partial charge in [-0.15, -0.1) is 0 Å². The number of nitrogens with one attached hydrogen (secondary N) is 2. The summed E-state index contributed by atoms with van der Waals surface area (Å²) in [6.45, 7) is 8.91. The van der Waals surface area contributed by atoms with Crippen molar-refractivity contribution in [3.05, 3.63) is 63.7 Å². The quantitative estimate of drug-likeness (QED) is 0.511. The van der Waals surface area contributed by atoms with Gasteiger partial charge in [-0.25, -0.2) is 0 Å². The van der Waals surface area contributed by atoms with Gasteiger partial charge < -0.3 is 19.3 Å². The number of nitrogens with zero attached hydrogens (tertiary/aromatic N) is 1. The first kappa shape index (κ1) is 20.1. The highest BCUT2D eigenvalue weighted by atomic mass is 16.6. The maximum absolute atomic E-state index is 10.8. The number of hydrogen-bond acceptors (Lipinski definition) is 4. The Hall–Kier alpha value is -2.64. The van der Waals surface area contributed by atoms with Crippen LogP contribution in [0.3, 0.4) is 0 Å². The van der Waals surface area contributed by atoms with Crippen molar-refractivity contribution in [2.45, 2.75) is 20.0 Å². The molecular weight excluding hydrogens is 358 g/mol. The van der Waals surface area contributed by atoms with Crippen LogP contribution >= 0.6 is 0 Å². The highest BCUT2D eigenvalue weighted by molar-refractivity contribution is 5.42. The SMILES string of the molecule is CCOc1cc(C[NH+]2CC[NH+](Cc3ccc([N+](=O)[O-])cc3)CC2)ccc1OC. The largest absolute Gasteiger partial charge is 0.493 e. The average molecular weight is 387 g/mol. The minimum atomic E-state index is -0.352. The topological polar surface area (TPSA) is 70.5 Å². The van der Waals surface area contributed by atoms with Crippen LogP contribution in [0.2, 0.25) is 0 Å². The van der Waals surface area contributed by atoms with Crippen LogP contribution in [-0.4, -0.2) is 44.8 Å². The fourth-order valence-corrected chi connectivity index (χ4v) is 3.72. The molecule has 0 atom stereocenters. The van der Waals surface area contributed by atoms with Gasteiger partial charge in [-0.05, 0) is 37.3 Å². The predicted octanol–water partition coefficient (Wildman–Crippen LogP) is 0.486. The summed E-state index contributed by atoms with van der Waals surface area (Å²) in [5.41, 5.74) is 2.57. The molecule has 0 saturated carbocycles.